The topological polar surface area (TPSA) is 17.0 Å². The highest BCUT2D eigenvalue weighted by Crippen LogP contribution is 2.30. The van der Waals surface area contributed by atoms with Crippen LogP contribution in [0.4, 0.5) is 0 Å². The maximum atomic E-state index is 3.67. The lowest BCUT2D eigenvalue weighted by Gasteiger charge is -2.22. The summed E-state index contributed by atoms with van der Waals surface area (Å²) in [6.45, 7) is 8.00. The second-order valence-corrected chi connectivity index (χ2v) is 7.64. The van der Waals surface area contributed by atoms with Crippen LogP contribution < -0.4 is 4.72 Å². The largest absolute Gasteiger partial charge is 0.344 e. The molecular formula is C25H36N2S. The lowest BCUT2D eigenvalue weighted by Crippen LogP contribution is -2.25. The lowest BCUT2D eigenvalue weighted by molar-refractivity contribution is 0.423. The Kier molecular flexibility index (Phi) is 9.66. The van der Waals surface area contributed by atoms with Crippen molar-refractivity contribution in [1.29, 1.82) is 0 Å². The first-order chi connectivity index (χ1) is 13.8. The molecule has 1 aromatic heterocycles. The van der Waals surface area contributed by atoms with E-state index in [0.29, 0.717) is 6.04 Å². The molecule has 0 spiro atoms. The van der Waals surface area contributed by atoms with Gasteiger partial charge in [-0.3, -0.25) is 4.72 Å². The number of nitrogens with zero attached hydrogens (tertiary/aromatic N) is 1. The molecule has 1 aliphatic carbocycles. The van der Waals surface area contributed by atoms with E-state index in [1.165, 1.54) is 59.2 Å². The SMILES string of the molecule is CC.CC.Cn1c(-c2ccccc2)cc2cc(SNC3CCCCC3)ccc21. The van der Waals surface area contributed by atoms with E-state index in [-0.39, 0.29) is 0 Å². The zero-order valence-electron chi connectivity index (χ0n) is 18.2. The van der Waals surface area contributed by atoms with Gasteiger partial charge in [0.2, 0.25) is 0 Å². The van der Waals surface area contributed by atoms with E-state index < -0.39 is 0 Å². The van der Waals surface area contributed by atoms with E-state index in [0.717, 1.165) is 0 Å². The number of hydrogen-bond donors (Lipinski definition) is 1. The zero-order chi connectivity index (χ0) is 20.4. The lowest BCUT2D eigenvalue weighted by atomic mass is 9.96. The molecule has 1 fully saturated rings. The summed E-state index contributed by atoms with van der Waals surface area (Å²) in [5.74, 6) is 0. The highest BCUT2D eigenvalue weighted by molar-refractivity contribution is 7.97. The maximum absolute atomic E-state index is 3.67. The molecule has 1 aliphatic rings. The van der Waals surface area contributed by atoms with Gasteiger partial charge >= 0.3 is 0 Å². The number of hydrogen-bond acceptors (Lipinski definition) is 2. The summed E-state index contributed by atoms with van der Waals surface area (Å²) in [5, 5.41) is 1.31. The molecule has 2 aromatic carbocycles. The number of nitrogens with one attached hydrogen (secondary N) is 1. The smallest absolute Gasteiger partial charge is 0.0488 e. The average molecular weight is 397 g/mol. The number of aromatic nitrogens is 1. The van der Waals surface area contributed by atoms with Crippen molar-refractivity contribution in [3.05, 3.63) is 54.6 Å². The second kappa shape index (κ2) is 12.0. The molecule has 2 nitrogen and oxygen atoms in total. The molecule has 0 saturated heterocycles. The van der Waals surface area contributed by atoms with Gasteiger partial charge in [-0.1, -0.05) is 77.3 Å². The third-order valence-electron chi connectivity index (χ3n) is 5.03. The van der Waals surface area contributed by atoms with Gasteiger partial charge in [0.1, 0.15) is 0 Å². The number of benzene rings is 2. The van der Waals surface area contributed by atoms with Crippen LogP contribution in [0.25, 0.3) is 22.2 Å². The molecule has 0 aliphatic heterocycles. The van der Waals surface area contributed by atoms with Crippen LogP contribution in [-0.2, 0) is 7.05 Å². The molecule has 1 saturated carbocycles. The Labute approximate surface area is 175 Å². The van der Waals surface area contributed by atoms with Gasteiger partial charge in [-0.05, 0) is 54.6 Å². The fourth-order valence-corrected chi connectivity index (χ4v) is 4.51. The third kappa shape index (κ3) is 5.65. The summed E-state index contributed by atoms with van der Waals surface area (Å²) in [7, 11) is 2.15. The average Bonchev–Trinajstić information content (AvgIpc) is 3.12. The number of fused-ring (bicyclic) bond motifs is 1. The maximum Gasteiger partial charge on any atom is 0.0488 e. The number of rotatable bonds is 4. The van der Waals surface area contributed by atoms with Crippen LogP contribution >= 0.6 is 11.9 Å². The fourth-order valence-electron chi connectivity index (χ4n) is 3.65. The highest BCUT2D eigenvalue weighted by Gasteiger charge is 2.13. The summed E-state index contributed by atoms with van der Waals surface area (Å²) in [5.41, 5.74) is 3.83. The van der Waals surface area contributed by atoms with Gasteiger partial charge in [-0.25, -0.2) is 0 Å². The molecular weight excluding hydrogens is 360 g/mol. The van der Waals surface area contributed by atoms with Crippen LogP contribution in [0.15, 0.2) is 59.5 Å². The van der Waals surface area contributed by atoms with Crippen molar-refractivity contribution in [2.24, 2.45) is 7.05 Å². The normalized spacial score (nSPS) is 14.0. The highest BCUT2D eigenvalue weighted by atomic mass is 32.2. The van der Waals surface area contributed by atoms with E-state index >= 15 is 0 Å². The van der Waals surface area contributed by atoms with Crippen molar-refractivity contribution in [3.8, 4) is 11.3 Å². The van der Waals surface area contributed by atoms with Crippen molar-refractivity contribution >= 4 is 22.9 Å². The van der Waals surface area contributed by atoms with Gasteiger partial charge in [0.15, 0.2) is 0 Å². The Balaban J connectivity index is 0.000000660. The molecule has 3 aromatic rings. The Morgan fingerprint density at radius 1 is 0.857 bits per heavy atom. The van der Waals surface area contributed by atoms with Crippen molar-refractivity contribution in [1.82, 2.24) is 9.29 Å². The molecule has 1 N–H and O–H groups in total. The Morgan fingerprint density at radius 2 is 1.54 bits per heavy atom. The molecule has 3 heteroatoms. The molecule has 0 radical (unpaired) electrons. The summed E-state index contributed by atoms with van der Waals surface area (Å²) in [6, 6.07) is 20.4. The molecule has 1 heterocycles. The van der Waals surface area contributed by atoms with Crippen LogP contribution in [-0.4, -0.2) is 10.6 Å². The first-order valence-corrected chi connectivity index (χ1v) is 11.7. The van der Waals surface area contributed by atoms with Crippen molar-refractivity contribution < 1.29 is 0 Å². The van der Waals surface area contributed by atoms with Crippen molar-refractivity contribution in [3.63, 3.8) is 0 Å². The first-order valence-electron chi connectivity index (χ1n) is 10.9. The van der Waals surface area contributed by atoms with Crippen molar-refractivity contribution in [2.45, 2.75) is 70.7 Å². The van der Waals surface area contributed by atoms with E-state index in [4.69, 9.17) is 0 Å². The molecule has 0 bridgehead atoms. The Morgan fingerprint density at radius 3 is 2.21 bits per heavy atom. The molecule has 4 rings (SSSR count). The molecule has 0 atom stereocenters. The minimum Gasteiger partial charge on any atom is -0.344 e. The van der Waals surface area contributed by atoms with Gasteiger partial charge in [0, 0.05) is 34.6 Å². The molecule has 0 unspecified atom stereocenters. The van der Waals surface area contributed by atoms with E-state index in [1.807, 2.05) is 27.7 Å². The van der Waals surface area contributed by atoms with Crippen LogP contribution in [0.3, 0.4) is 0 Å². The molecule has 152 valence electrons. The summed E-state index contributed by atoms with van der Waals surface area (Å²) in [4.78, 5) is 1.30. The minimum atomic E-state index is 0.676. The summed E-state index contributed by atoms with van der Waals surface area (Å²) in [6.07, 6.45) is 6.78. The van der Waals surface area contributed by atoms with Gasteiger partial charge in [-0.2, -0.15) is 0 Å². The summed E-state index contributed by atoms with van der Waals surface area (Å²) >= 11 is 1.79. The van der Waals surface area contributed by atoms with Crippen LogP contribution in [0.5, 0.6) is 0 Å². The van der Waals surface area contributed by atoms with Crippen LogP contribution in [0.1, 0.15) is 59.8 Å². The van der Waals surface area contributed by atoms with Crippen LogP contribution in [0.2, 0.25) is 0 Å². The monoisotopic (exact) mass is 396 g/mol. The standard InChI is InChI=1S/C21H24N2S.2C2H6/c1-23-20-13-12-19(24-22-18-10-6-3-7-11-18)14-17(20)15-21(23)16-8-4-2-5-9-16;2*1-2/h2,4-5,8-9,12-15,18,22H,3,6-7,10-11H2,1H3;2*1-2H3. The quantitative estimate of drug-likeness (QED) is 0.453. The third-order valence-corrected chi connectivity index (χ3v) is 5.97. The first kappa shape index (κ1) is 22.6. The van der Waals surface area contributed by atoms with E-state index in [9.17, 15) is 0 Å². The van der Waals surface area contributed by atoms with Gasteiger partial charge < -0.3 is 4.57 Å². The minimum absolute atomic E-state index is 0.676. The van der Waals surface area contributed by atoms with Gasteiger partial charge in [0.25, 0.3) is 0 Å². The van der Waals surface area contributed by atoms with E-state index in [2.05, 4.69) is 70.9 Å². The number of aryl methyl sites for hydroxylation is 1. The van der Waals surface area contributed by atoms with E-state index in [1.54, 1.807) is 11.9 Å². The Bertz CT molecular complexity index is 817. The van der Waals surface area contributed by atoms with Crippen molar-refractivity contribution in [2.75, 3.05) is 0 Å². The fraction of sp³-hybridized carbons (Fsp3) is 0.440. The van der Waals surface area contributed by atoms with Crippen LogP contribution in [0, 0.1) is 0 Å². The van der Waals surface area contributed by atoms with Gasteiger partial charge in [-0.15, -0.1) is 0 Å². The summed E-state index contributed by atoms with van der Waals surface area (Å²) < 4.78 is 5.95. The predicted molar refractivity (Wildman–Crippen MR) is 127 cm³/mol. The second-order valence-electron chi connectivity index (χ2n) is 6.73. The molecule has 28 heavy (non-hydrogen) atoms. The Hall–Kier alpha value is -1.71. The van der Waals surface area contributed by atoms with Gasteiger partial charge in [0.05, 0.1) is 0 Å². The predicted octanol–water partition coefficient (Wildman–Crippen LogP) is 7.83. The molecule has 0 amide bonds. The zero-order valence-corrected chi connectivity index (χ0v) is 19.0.